The first-order valence-corrected chi connectivity index (χ1v) is 45.2. The van der Waals surface area contributed by atoms with Crippen LogP contribution in [0, 0.1) is 23.7 Å². The second-order valence-electron chi connectivity index (χ2n) is 31.2. The molecule has 0 fully saturated rings. The Labute approximate surface area is 619 Å². The van der Waals surface area contributed by atoms with E-state index in [9.17, 15) is 43.2 Å². The number of unbranched alkanes of at least 4 members (excludes halogenated alkanes) is 44. The van der Waals surface area contributed by atoms with Gasteiger partial charge in [-0.25, -0.2) is 9.13 Å². The SMILES string of the molecule is CCC(C)CCCCCCCCCCCCCCCCCCCCC(=O)OC[C@H](COP(=O)(O)OCC(O)COP(=O)(O)OC[C@@H](COC(=O)CCCCCCCCCCC(C)C)OC(=O)CCCCCCCCC(C)C)OC(=O)CCCCCCCCCCCCCCCCCCC(C)C. The zero-order valence-corrected chi connectivity index (χ0v) is 68.3. The van der Waals surface area contributed by atoms with Crippen LogP contribution in [0.3, 0.4) is 0 Å². The van der Waals surface area contributed by atoms with Gasteiger partial charge >= 0.3 is 39.5 Å². The molecule has 0 spiro atoms. The van der Waals surface area contributed by atoms with Crippen molar-refractivity contribution in [1.82, 2.24) is 0 Å². The Morgan fingerprint density at radius 3 is 0.703 bits per heavy atom. The summed E-state index contributed by atoms with van der Waals surface area (Å²) in [6.45, 7) is 14.2. The van der Waals surface area contributed by atoms with E-state index in [4.69, 9.17) is 37.0 Å². The van der Waals surface area contributed by atoms with Crippen molar-refractivity contribution in [2.24, 2.45) is 23.7 Å². The van der Waals surface area contributed by atoms with Crippen molar-refractivity contribution in [3.05, 3.63) is 0 Å². The standard InChI is InChI=1S/C82H160O17P2/c1-9-75(8)61-53-45-36-29-25-21-17-12-10-11-13-18-22-26-30-37-46-54-62-79(84)92-68-77(98-81(86)64-56-48-39-31-27-23-19-15-14-16-20-24-28-34-42-50-58-72(2)3)70-96-100(88,89)94-66-76(83)67-95-101(90,91)97-71-78(99-82(87)65-57-49-41-40-44-52-60-74(6)7)69-93-80(85)63-55-47-38-33-32-35-43-51-59-73(4)5/h72-78,83H,9-71H2,1-8H3,(H,88,89)(H,90,91)/t75?,76?,77-,78-/m1/s1. The fourth-order valence-electron chi connectivity index (χ4n) is 12.6. The van der Waals surface area contributed by atoms with Crippen LogP contribution in [-0.4, -0.2) is 96.7 Å². The van der Waals surface area contributed by atoms with E-state index >= 15 is 0 Å². The highest BCUT2D eigenvalue weighted by Gasteiger charge is 2.30. The Morgan fingerprint density at radius 1 is 0.277 bits per heavy atom. The van der Waals surface area contributed by atoms with Gasteiger partial charge in [0.15, 0.2) is 12.2 Å². The molecule has 0 heterocycles. The normalized spacial score (nSPS) is 14.3. The molecule has 600 valence electrons. The molecule has 0 saturated carbocycles. The molecule has 0 aliphatic rings. The van der Waals surface area contributed by atoms with Crippen molar-refractivity contribution in [2.45, 2.75) is 440 Å². The van der Waals surface area contributed by atoms with Crippen molar-refractivity contribution < 1.29 is 80.2 Å². The second-order valence-corrected chi connectivity index (χ2v) is 34.1. The topological polar surface area (TPSA) is 237 Å². The van der Waals surface area contributed by atoms with Crippen molar-refractivity contribution in [1.29, 1.82) is 0 Å². The van der Waals surface area contributed by atoms with Gasteiger partial charge in [-0.2, -0.15) is 0 Å². The molecule has 17 nitrogen and oxygen atoms in total. The number of esters is 4. The molecule has 0 aromatic rings. The van der Waals surface area contributed by atoms with Crippen LogP contribution in [0.1, 0.15) is 421 Å². The maximum absolute atomic E-state index is 13.1. The van der Waals surface area contributed by atoms with Crippen molar-refractivity contribution >= 4 is 39.5 Å². The summed E-state index contributed by atoms with van der Waals surface area (Å²) < 4.78 is 68.6. The second kappa shape index (κ2) is 71.0. The number of ether oxygens (including phenoxy) is 4. The van der Waals surface area contributed by atoms with Gasteiger partial charge in [-0.1, -0.05) is 370 Å². The molecular formula is C82H160O17P2. The van der Waals surface area contributed by atoms with Crippen LogP contribution < -0.4 is 0 Å². The summed E-state index contributed by atoms with van der Waals surface area (Å²) in [7, 11) is -9.92. The monoisotopic (exact) mass is 1480 g/mol. The fourth-order valence-corrected chi connectivity index (χ4v) is 14.2. The first kappa shape index (κ1) is 99.1. The van der Waals surface area contributed by atoms with Crippen LogP contribution in [0.25, 0.3) is 0 Å². The lowest BCUT2D eigenvalue weighted by Gasteiger charge is -2.21. The number of aliphatic hydroxyl groups excluding tert-OH is 1. The number of carbonyl (C=O) groups excluding carboxylic acids is 4. The first-order valence-electron chi connectivity index (χ1n) is 42.2. The summed E-state index contributed by atoms with van der Waals surface area (Å²) in [4.78, 5) is 72.9. The first-order chi connectivity index (χ1) is 48.6. The Hall–Kier alpha value is -1.94. The van der Waals surface area contributed by atoms with Crippen LogP contribution in [0.2, 0.25) is 0 Å². The highest BCUT2D eigenvalue weighted by Crippen LogP contribution is 2.45. The van der Waals surface area contributed by atoms with Gasteiger partial charge in [0, 0.05) is 25.7 Å². The van der Waals surface area contributed by atoms with Crippen LogP contribution >= 0.6 is 15.6 Å². The van der Waals surface area contributed by atoms with E-state index in [1.165, 1.54) is 225 Å². The number of hydrogen-bond acceptors (Lipinski definition) is 15. The van der Waals surface area contributed by atoms with Crippen LogP contribution in [0.4, 0.5) is 0 Å². The molecule has 4 unspecified atom stereocenters. The van der Waals surface area contributed by atoms with Crippen LogP contribution in [0.15, 0.2) is 0 Å². The average Bonchev–Trinajstić information content (AvgIpc) is 0.913. The largest absolute Gasteiger partial charge is 0.472 e. The van der Waals surface area contributed by atoms with Gasteiger partial charge in [-0.05, 0) is 49.4 Å². The minimum absolute atomic E-state index is 0.101. The smallest absolute Gasteiger partial charge is 0.462 e. The lowest BCUT2D eigenvalue weighted by Crippen LogP contribution is -2.30. The highest BCUT2D eigenvalue weighted by atomic mass is 31.2. The number of phosphoric ester groups is 2. The summed E-state index contributed by atoms with van der Waals surface area (Å²) in [5, 5.41) is 10.6. The predicted octanol–water partition coefficient (Wildman–Crippen LogP) is 24.4. The molecule has 101 heavy (non-hydrogen) atoms. The molecule has 0 aliphatic carbocycles. The van der Waals surface area contributed by atoms with Gasteiger partial charge < -0.3 is 33.8 Å². The molecule has 0 bridgehead atoms. The van der Waals surface area contributed by atoms with Crippen molar-refractivity contribution in [3.8, 4) is 0 Å². The molecule has 0 saturated heterocycles. The fraction of sp³-hybridized carbons (Fsp3) is 0.951. The molecule has 0 aromatic heterocycles. The Balaban J connectivity index is 5.17. The van der Waals surface area contributed by atoms with Crippen molar-refractivity contribution in [3.63, 3.8) is 0 Å². The molecule has 3 N–H and O–H groups in total. The van der Waals surface area contributed by atoms with Gasteiger partial charge in [0.2, 0.25) is 0 Å². The minimum Gasteiger partial charge on any atom is -0.462 e. The Kier molecular flexibility index (Phi) is 69.6. The molecule has 6 atom stereocenters. The van der Waals surface area contributed by atoms with E-state index in [0.29, 0.717) is 31.6 Å². The van der Waals surface area contributed by atoms with Gasteiger partial charge in [0.05, 0.1) is 26.4 Å². The van der Waals surface area contributed by atoms with E-state index in [-0.39, 0.29) is 25.7 Å². The lowest BCUT2D eigenvalue weighted by molar-refractivity contribution is -0.161. The average molecular weight is 1480 g/mol. The zero-order chi connectivity index (χ0) is 74.6. The third kappa shape index (κ3) is 74.7. The lowest BCUT2D eigenvalue weighted by atomic mass is 9.99. The van der Waals surface area contributed by atoms with E-state index in [1.54, 1.807) is 0 Å². The molecule has 0 aromatic carbocycles. The molecule has 0 amide bonds. The predicted molar refractivity (Wildman–Crippen MR) is 414 cm³/mol. The van der Waals surface area contributed by atoms with Gasteiger partial charge in [-0.15, -0.1) is 0 Å². The Morgan fingerprint density at radius 2 is 0.475 bits per heavy atom. The van der Waals surface area contributed by atoms with E-state index < -0.39 is 97.5 Å². The number of hydrogen-bond donors (Lipinski definition) is 3. The molecule has 0 aliphatic heterocycles. The number of phosphoric acid groups is 2. The highest BCUT2D eigenvalue weighted by molar-refractivity contribution is 7.47. The van der Waals surface area contributed by atoms with E-state index in [1.807, 2.05) is 0 Å². The molecular weight excluding hydrogens is 1320 g/mol. The molecule has 19 heteroatoms. The summed E-state index contributed by atoms with van der Waals surface area (Å²) in [5.74, 6) is 0.959. The third-order valence-electron chi connectivity index (χ3n) is 19.4. The zero-order valence-electron chi connectivity index (χ0n) is 66.5. The van der Waals surface area contributed by atoms with E-state index in [0.717, 1.165) is 108 Å². The molecule has 0 rings (SSSR count). The number of rotatable bonds is 79. The van der Waals surface area contributed by atoms with Gasteiger partial charge in [0.1, 0.15) is 19.3 Å². The van der Waals surface area contributed by atoms with Crippen LogP contribution in [-0.2, 0) is 65.4 Å². The van der Waals surface area contributed by atoms with Gasteiger partial charge in [-0.3, -0.25) is 37.3 Å². The van der Waals surface area contributed by atoms with Crippen molar-refractivity contribution in [2.75, 3.05) is 39.6 Å². The quantitative estimate of drug-likeness (QED) is 0.0222. The van der Waals surface area contributed by atoms with Gasteiger partial charge in [0.25, 0.3) is 0 Å². The maximum Gasteiger partial charge on any atom is 0.472 e. The van der Waals surface area contributed by atoms with Crippen LogP contribution in [0.5, 0.6) is 0 Å². The third-order valence-corrected chi connectivity index (χ3v) is 21.3. The summed E-state index contributed by atoms with van der Waals surface area (Å²) in [6, 6.07) is 0. The Bertz CT molecular complexity index is 1970. The minimum atomic E-state index is -4.96. The van der Waals surface area contributed by atoms with E-state index in [2.05, 4.69) is 55.4 Å². The summed E-state index contributed by atoms with van der Waals surface area (Å²) in [6.07, 6.45) is 58.7. The summed E-state index contributed by atoms with van der Waals surface area (Å²) in [5.41, 5.74) is 0. The number of aliphatic hydroxyl groups is 1. The number of carbonyl (C=O) groups is 4. The molecule has 0 radical (unpaired) electrons. The summed E-state index contributed by atoms with van der Waals surface area (Å²) >= 11 is 0. The maximum atomic E-state index is 13.1.